The van der Waals surface area contributed by atoms with Gasteiger partial charge in [0, 0.05) is 44.5 Å². The lowest BCUT2D eigenvalue weighted by Crippen LogP contribution is -2.28. The number of nitrogens with two attached hydrogens (primary N) is 1. The summed E-state index contributed by atoms with van der Waals surface area (Å²) in [7, 11) is 1.95. The van der Waals surface area contributed by atoms with E-state index in [0.717, 1.165) is 29.3 Å². The number of rotatable bonds is 8. The first-order valence-electron chi connectivity index (χ1n) is 13.5. The lowest BCUT2D eigenvalue weighted by molar-refractivity contribution is -0.125. The van der Waals surface area contributed by atoms with E-state index in [4.69, 9.17) is 15.6 Å². The molecule has 0 unspecified atom stereocenters. The molecule has 3 aromatic heterocycles. The van der Waals surface area contributed by atoms with Crippen LogP contribution in [0, 0.1) is 0 Å². The number of nitrogens with zero attached hydrogens (tertiary/aromatic N) is 7. The first kappa shape index (κ1) is 26.0. The molecule has 10 nitrogen and oxygen atoms in total. The minimum Gasteiger partial charge on any atom is -0.457 e. The Morgan fingerprint density at radius 2 is 1.80 bits per heavy atom. The van der Waals surface area contributed by atoms with Crippen molar-refractivity contribution >= 4 is 28.6 Å². The molecule has 206 valence electrons. The number of benzene rings is 2. The molecule has 1 atom stereocenters. The summed E-state index contributed by atoms with van der Waals surface area (Å²) in [6.45, 7) is 1.74. The van der Waals surface area contributed by atoms with Crippen LogP contribution in [-0.2, 0) is 4.79 Å². The average molecular weight is 547 g/mol. The largest absolute Gasteiger partial charge is 0.457 e. The molecule has 2 N–H and O–H groups in total. The van der Waals surface area contributed by atoms with E-state index in [9.17, 15) is 4.79 Å². The molecule has 10 heteroatoms. The lowest BCUT2D eigenvalue weighted by atomic mass is 10.1. The monoisotopic (exact) mass is 546 g/mol. The number of carbonyl (C=O) groups is 1. The summed E-state index contributed by atoms with van der Waals surface area (Å²) in [5.41, 5.74) is 8.56. The van der Waals surface area contributed by atoms with Crippen molar-refractivity contribution in [2.24, 2.45) is 0 Å². The van der Waals surface area contributed by atoms with E-state index in [1.165, 1.54) is 6.33 Å². The second-order valence-electron chi connectivity index (χ2n) is 9.89. The van der Waals surface area contributed by atoms with Gasteiger partial charge in [0.25, 0.3) is 0 Å². The minimum atomic E-state index is -0.0326. The van der Waals surface area contributed by atoms with Crippen LogP contribution in [0.3, 0.4) is 0 Å². The molecule has 0 spiro atoms. The van der Waals surface area contributed by atoms with Crippen LogP contribution in [0.2, 0.25) is 0 Å². The van der Waals surface area contributed by atoms with Crippen LogP contribution >= 0.6 is 0 Å². The molecular formula is C31H30N8O2. The van der Waals surface area contributed by atoms with Crippen LogP contribution in [0.4, 0.5) is 11.6 Å². The number of para-hydroxylation sites is 1. The minimum absolute atomic E-state index is 0.0262. The molecule has 1 aliphatic rings. The summed E-state index contributed by atoms with van der Waals surface area (Å²) in [6.07, 6.45) is 7.47. The quantitative estimate of drug-likeness (QED) is 0.278. The van der Waals surface area contributed by atoms with Crippen molar-refractivity contribution in [3.05, 3.63) is 97.5 Å². The molecule has 6 rings (SSSR count). The van der Waals surface area contributed by atoms with Crippen molar-refractivity contribution in [2.45, 2.75) is 12.5 Å². The molecule has 1 amide bonds. The summed E-state index contributed by atoms with van der Waals surface area (Å²) in [5, 5.41) is 5.65. The number of anilines is 2. The van der Waals surface area contributed by atoms with E-state index in [-0.39, 0.29) is 11.9 Å². The summed E-state index contributed by atoms with van der Waals surface area (Å²) in [4.78, 5) is 29.9. The summed E-state index contributed by atoms with van der Waals surface area (Å²) < 4.78 is 7.83. The van der Waals surface area contributed by atoms with Crippen molar-refractivity contribution in [2.75, 3.05) is 37.3 Å². The highest BCUT2D eigenvalue weighted by Gasteiger charge is 2.30. The number of nitrogen functional groups attached to an aromatic ring is 1. The Bertz CT molecular complexity index is 1670. The zero-order chi connectivity index (χ0) is 28.2. The van der Waals surface area contributed by atoms with Crippen molar-refractivity contribution < 1.29 is 9.53 Å². The maximum absolute atomic E-state index is 13.0. The Morgan fingerprint density at radius 3 is 2.59 bits per heavy atom. The fraction of sp³-hybridized carbons (Fsp3) is 0.194. The highest BCUT2D eigenvalue weighted by Crippen LogP contribution is 2.35. The smallest absolute Gasteiger partial charge is 0.246 e. The van der Waals surface area contributed by atoms with Crippen LogP contribution in [0.1, 0.15) is 12.5 Å². The Kier molecular flexibility index (Phi) is 7.27. The van der Waals surface area contributed by atoms with E-state index in [2.05, 4.69) is 15.0 Å². The van der Waals surface area contributed by atoms with Gasteiger partial charge in [0.2, 0.25) is 5.91 Å². The summed E-state index contributed by atoms with van der Waals surface area (Å²) in [6, 6.07) is 23.1. The number of likely N-dealkylation sites (N-methyl/N-ethyl adjacent to an activating group) is 1. The van der Waals surface area contributed by atoms with Gasteiger partial charge in [-0.15, -0.1) is 0 Å². The number of likely N-dealkylation sites (tertiary alicyclic amines) is 1. The van der Waals surface area contributed by atoms with Gasteiger partial charge in [-0.05, 0) is 55.0 Å². The molecule has 0 bridgehead atoms. The molecule has 41 heavy (non-hydrogen) atoms. The van der Waals surface area contributed by atoms with Crippen molar-refractivity contribution in [1.29, 1.82) is 0 Å². The molecule has 1 aliphatic heterocycles. The van der Waals surface area contributed by atoms with Crippen molar-refractivity contribution in [3.8, 4) is 22.8 Å². The standard InChI is InChI=1S/C31H30N8O2/c1-37(26-10-5-6-17-33-26)18-7-11-27(40)38-19-16-23(20-38)39-31-28(30(32)34-21-35-31)29(36-39)22-12-14-25(15-13-22)41-24-8-3-2-4-9-24/h2-15,17,21,23H,16,18-20H2,1H3,(H2,32,34,35)/b11-7+/t23-/m1/s1. The van der Waals surface area contributed by atoms with E-state index < -0.39 is 0 Å². The maximum Gasteiger partial charge on any atom is 0.246 e. The normalized spacial score (nSPS) is 15.0. The molecule has 2 aromatic carbocycles. The van der Waals surface area contributed by atoms with E-state index in [0.29, 0.717) is 42.2 Å². The fourth-order valence-corrected chi connectivity index (χ4v) is 4.99. The van der Waals surface area contributed by atoms with E-state index in [1.807, 2.05) is 100 Å². The number of amides is 1. The van der Waals surface area contributed by atoms with Crippen LogP contribution in [0.15, 0.2) is 97.5 Å². The van der Waals surface area contributed by atoms with Gasteiger partial charge >= 0.3 is 0 Å². The third-order valence-electron chi connectivity index (χ3n) is 7.13. The zero-order valence-corrected chi connectivity index (χ0v) is 22.7. The van der Waals surface area contributed by atoms with Gasteiger partial charge in [0.05, 0.1) is 11.4 Å². The van der Waals surface area contributed by atoms with Crippen LogP contribution < -0.4 is 15.4 Å². The maximum atomic E-state index is 13.0. The molecule has 5 aromatic rings. The highest BCUT2D eigenvalue weighted by atomic mass is 16.5. The van der Waals surface area contributed by atoms with Gasteiger partial charge < -0.3 is 20.3 Å². The SMILES string of the molecule is CN(C/C=C/C(=O)N1CC[C@@H](n2nc(-c3ccc(Oc4ccccc4)cc3)c3c(N)ncnc32)C1)c1ccccn1. The summed E-state index contributed by atoms with van der Waals surface area (Å²) in [5.74, 6) is 2.68. The topological polar surface area (TPSA) is 115 Å². The van der Waals surface area contributed by atoms with Crippen molar-refractivity contribution in [3.63, 3.8) is 0 Å². The summed E-state index contributed by atoms with van der Waals surface area (Å²) >= 11 is 0. The van der Waals surface area contributed by atoms with Crippen LogP contribution in [0.5, 0.6) is 11.5 Å². The molecule has 4 heterocycles. The van der Waals surface area contributed by atoms with E-state index in [1.54, 1.807) is 12.3 Å². The molecule has 0 saturated carbocycles. The molecule has 0 radical (unpaired) electrons. The third-order valence-corrected chi connectivity index (χ3v) is 7.13. The highest BCUT2D eigenvalue weighted by molar-refractivity contribution is 5.98. The van der Waals surface area contributed by atoms with Gasteiger partial charge in [-0.3, -0.25) is 4.79 Å². The third kappa shape index (κ3) is 5.58. The number of pyridine rings is 1. The second kappa shape index (κ2) is 11.5. The molecule has 1 saturated heterocycles. The van der Waals surface area contributed by atoms with Crippen LogP contribution in [0.25, 0.3) is 22.3 Å². The number of hydrogen-bond donors (Lipinski definition) is 1. The van der Waals surface area contributed by atoms with Gasteiger partial charge in [-0.1, -0.05) is 30.3 Å². The Morgan fingerprint density at radius 1 is 1.02 bits per heavy atom. The Balaban J connectivity index is 1.18. The average Bonchev–Trinajstić information content (AvgIpc) is 3.65. The lowest BCUT2D eigenvalue weighted by Gasteiger charge is -2.17. The molecule has 0 aliphatic carbocycles. The number of fused-ring (bicyclic) bond motifs is 1. The molecule has 1 fully saturated rings. The Hall–Kier alpha value is -5.25. The predicted molar refractivity (Wildman–Crippen MR) is 159 cm³/mol. The van der Waals surface area contributed by atoms with Crippen LogP contribution in [-0.4, -0.2) is 62.2 Å². The second-order valence-corrected chi connectivity index (χ2v) is 9.89. The number of aromatic nitrogens is 5. The van der Waals surface area contributed by atoms with Gasteiger partial charge in [-0.2, -0.15) is 5.10 Å². The first-order valence-corrected chi connectivity index (χ1v) is 13.5. The fourth-order valence-electron chi connectivity index (χ4n) is 4.99. The predicted octanol–water partition coefficient (Wildman–Crippen LogP) is 4.73. The van der Waals surface area contributed by atoms with Crippen molar-refractivity contribution in [1.82, 2.24) is 29.6 Å². The van der Waals surface area contributed by atoms with Gasteiger partial charge in [0.15, 0.2) is 5.65 Å². The number of ether oxygens (including phenoxy) is 1. The first-order chi connectivity index (χ1) is 20.1. The number of hydrogen-bond acceptors (Lipinski definition) is 8. The zero-order valence-electron chi connectivity index (χ0n) is 22.7. The molecular weight excluding hydrogens is 516 g/mol. The number of carbonyl (C=O) groups excluding carboxylic acids is 1. The van der Waals surface area contributed by atoms with Gasteiger partial charge in [-0.25, -0.2) is 19.6 Å². The van der Waals surface area contributed by atoms with Gasteiger partial charge in [0.1, 0.15) is 35.2 Å². The Labute approximate surface area is 237 Å². The van der Waals surface area contributed by atoms with E-state index >= 15 is 0 Å².